The Bertz CT molecular complexity index is 1080. The van der Waals surface area contributed by atoms with Crippen LogP contribution in [-0.4, -0.2) is 44.8 Å². The van der Waals surface area contributed by atoms with Crippen LogP contribution in [0, 0.1) is 17.2 Å². The zero-order valence-corrected chi connectivity index (χ0v) is 21.0. The number of methoxy groups -OCH3 is 1. The Morgan fingerprint density at radius 1 is 1.31 bits per heavy atom. The van der Waals surface area contributed by atoms with Crippen LogP contribution in [0.15, 0.2) is 24.3 Å². The van der Waals surface area contributed by atoms with Gasteiger partial charge in [-0.25, -0.2) is 4.79 Å². The average molecular weight is 497 g/mol. The van der Waals surface area contributed by atoms with E-state index in [-0.39, 0.29) is 24.2 Å². The standard InChI is InChI=1S/C27H32N2O5S/c1-32-21-5-2-4-18(12-21)7-9-20(30)14-26-24(15-28)23-10-8-19(13-25(23)35-26)17-34-27(31)29-16-22-6-3-11-33-22/h2,4-5,12,19,22H,3,6-11,13-14,16-17H2,1H3,(H,29,31). The second-order valence-electron chi connectivity index (χ2n) is 9.20. The largest absolute Gasteiger partial charge is 0.497 e. The van der Waals surface area contributed by atoms with Gasteiger partial charge in [0, 0.05) is 35.7 Å². The van der Waals surface area contributed by atoms with Crippen LogP contribution in [0.1, 0.15) is 52.1 Å². The monoisotopic (exact) mass is 496 g/mol. The maximum absolute atomic E-state index is 12.7. The Morgan fingerprint density at radius 2 is 2.20 bits per heavy atom. The lowest BCUT2D eigenvalue weighted by Crippen LogP contribution is -2.33. The fourth-order valence-corrected chi connectivity index (χ4v) is 6.18. The fourth-order valence-electron chi connectivity index (χ4n) is 4.73. The van der Waals surface area contributed by atoms with Gasteiger partial charge >= 0.3 is 6.09 Å². The Kier molecular flexibility index (Phi) is 8.78. The summed E-state index contributed by atoms with van der Waals surface area (Å²) < 4.78 is 16.2. The number of fused-ring (bicyclic) bond motifs is 1. The number of nitriles is 1. The van der Waals surface area contributed by atoms with Crippen molar-refractivity contribution in [2.45, 2.75) is 57.5 Å². The molecule has 1 aliphatic carbocycles. The molecule has 8 heteroatoms. The number of ketones is 1. The number of amides is 1. The van der Waals surface area contributed by atoms with E-state index < -0.39 is 6.09 Å². The minimum Gasteiger partial charge on any atom is -0.497 e. The summed E-state index contributed by atoms with van der Waals surface area (Å²) in [6.45, 7) is 1.60. The molecular weight excluding hydrogens is 464 g/mol. The molecule has 2 unspecified atom stereocenters. The van der Waals surface area contributed by atoms with Crippen molar-refractivity contribution >= 4 is 23.2 Å². The number of benzene rings is 1. The number of rotatable bonds is 10. The van der Waals surface area contributed by atoms with Crippen molar-refractivity contribution in [3.63, 3.8) is 0 Å². The molecule has 1 saturated heterocycles. The topological polar surface area (TPSA) is 97.7 Å². The van der Waals surface area contributed by atoms with E-state index in [0.29, 0.717) is 31.6 Å². The molecule has 1 aromatic heterocycles. The van der Waals surface area contributed by atoms with Crippen LogP contribution in [-0.2, 0) is 40.0 Å². The third-order valence-electron chi connectivity index (χ3n) is 6.68. The van der Waals surface area contributed by atoms with E-state index in [0.717, 1.165) is 65.3 Å². The molecular formula is C27H32N2O5S. The highest BCUT2D eigenvalue weighted by Crippen LogP contribution is 2.37. The van der Waals surface area contributed by atoms with Gasteiger partial charge in [-0.1, -0.05) is 12.1 Å². The number of nitrogens with zero attached hydrogens (tertiary/aromatic N) is 1. The molecule has 0 spiro atoms. The number of carbonyl (C=O) groups is 2. The third-order valence-corrected chi connectivity index (χ3v) is 7.94. The molecule has 2 aromatic rings. The smallest absolute Gasteiger partial charge is 0.407 e. The summed E-state index contributed by atoms with van der Waals surface area (Å²) >= 11 is 1.57. The number of Topliss-reactive ketones (excluding diaryl/α,β-unsaturated/α-hetero) is 1. The van der Waals surface area contributed by atoms with Crippen molar-refractivity contribution in [2.24, 2.45) is 5.92 Å². The lowest BCUT2D eigenvalue weighted by Gasteiger charge is -2.22. The normalized spacial score (nSPS) is 19.0. The summed E-state index contributed by atoms with van der Waals surface area (Å²) in [4.78, 5) is 26.8. The Labute approximate surface area is 210 Å². The molecule has 0 saturated carbocycles. The molecule has 186 valence electrons. The zero-order chi connectivity index (χ0) is 24.6. The van der Waals surface area contributed by atoms with Gasteiger partial charge in [-0.2, -0.15) is 5.26 Å². The predicted molar refractivity (Wildman–Crippen MR) is 133 cm³/mol. The number of hydrogen-bond acceptors (Lipinski definition) is 7. The summed E-state index contributed by atoms with van der Waals surface area (Å²) in [6.07, 6.45) is 5.46. The Hall–Kier alpha value is -2.89. The van der Waals surface area contributed by atoms with Crippen LogP contribution in [0.3, 0.4) is 0 Å². The first kappa shape index (κ1) is 25.2. The van der Waals surface area contributed by atoms with Gasteiger partial charge in [-0.15, -0.1) is 11.3 Å². The van der Waals surface area contributed by atoms with Crippen LogP contribution in [0.2, 0.25) is 0 Å². The summed E-state index contributed by atoms with van der Waals surface area (Å²) in [7, 11) is 1.63. The van der Waals surface area contributed by atoms with Crippen LogP contribution in [0.25, 0.3) is 0 Å². The van der Waals surface area contributed by atoms with Gasteiger partial charge in [-0.05, 0) is 67.7 Å². The average Bonchev–Trinajstić information content (AvgIpc) is 3.52. The molecule has 35 heavy (non-hydrogen) atoms. The zero-order valence-electron chi connectivity index (χ0n) is 20.1. The quantitative estimate of drug-likeness (QED) is 0.524. The third kappa shape index (κ3) is 6.83. The van der Waals surface area contributed by atoms with E-state index in [4.69, 9.17) is 14.2 Å². The minimum absolute atomic E-state index is 0.0898. The van der Waals surface area contributed by atoms with Crippen molar-refractivity contribution < 1.29 is 23.8 Å². The van der Waals surface area contributed by atoms with Crippen LogP contribution < -0.4 is 10.1 Å². The number of ether oxygens (including phenoxy) is 3. The maximum atomic E-state index is 12.7. The lowest BCUT2D eigenvalue weighted by atomic mass is 9.87. The van der Waals surface area contributed by atoms with Crippen LogP contribution in [0.4, 0.5) is 4.79 Å². The summed E-state index contributed by atoms with van der Waals surface area (Å²) in [6, 6.07) is 10.1. The van der Waals surface area contributed by atoms with Crippen LogP contribution >= 0.6 is 11.3 Å². The van der Waals surface area contributed by atoms with Crippen molar-refractivity contribution in [1.82, 2.24) is 5.32 Å². The van der Waals surface area contributed by atoms with E-state index in [2.05, 4.69) is 11.4 Å². The predicted octanol–water partition coefficient (Wildman–Crippen LogP) is 4.38. The number of alkyl carbamates (subject to hydrolysis) is 1. The van der Waals surface area contributed by atoms with E-state index >= 15 is 0 Å². The first-order valence-electron chi connectivity index (χ1n) is 12.3. The van der Waals surface area contributed by atoms with Gasteiger partial charge in [0.05, 0.1) is 25.4 Å². The van der Waals surface area contributed by atoms with Crippen molar-refractivity contribution in [1.29, 1.82) is 5.26 Å². The summed E-state index contributed by atoms with van der Waals surface area (Å²) in [5.74, 6) is 1.13. The van der Waals surface area contributed by atoms with Crippen molar-refractivity contribution in [2.75, 3.05) is 26.9 Å². The second-order valence-corrected chi connectivity index (χ2v) is 10.4. The molecule has 1 aliphatic heterocycles. The number of carbonyl (C=O) groups excluding carboxylic acids is 2. The van der Waals surface area contributed by atoms with E-state index in [1.54, 1.807) is 18.4 Å². The fraction of sp³-hybridized carbons (Fsp3) is 0.519. The molecule has 4 rings (SSSR count). The second kappa shape index (κ2) is 12.2. The minimum atomic E-state index is -0.405. The molecule has 0 bridgehead atoms. The molecule has 2 heterocycles. The molecule has 1 aromatic carbocycles. The Morgan fingerprint density at radius 3 is 2.97 bits per heavy atom. The number of aryl methyl sites for hydroxylation is 1. The van der Waals surface area contributed by atoms with Gasteiger partial charge in [0.25, 0.3) is 0 Å². The first-order chi connectivity index (χ1) is 17.1. The highest BCUT2D eigenvalue weighted by molar-refractivity contribution is 7.12. The first-order valence-corrected chi connectivity index (χ1v) is 13.1. The molecule has 1 amide bonds. The summed E-state index contributed by atoms with van der Waals surface area (Å²) in [5, 5.41) is 12.6. The van der Waals surface area contributed by atoms with Crippen LogP contribution in [0.5, 0.6) is 5.75 Å². The molecule has 1 N–H and O–H groups in total. The molecule has 0 radical (unpaired) electrons. The highest BCUT2D eigenvalue weighted by Gasteiger charge is 2.27. The van der Waals surface area contributed by atoms with Gasteiger partial charge in [0.1, 0.15) is 17.6 Å². The highest BCUT2D eigenvalue weighted by atomic mass is 32.1. The molecule has 7 nitrogen and oxygen atoms in total. The van der Waals surface area contributed by atoms with Gasteiger partial charge < -0.3 is 19.5 Å². The molecule has 2 aliphatic rings. The van der Waals surface area contributed by atoms with E-state index in [1.807, 2.05) is 24.3 Å². The van der Waals surface area contributed by atoms with E-state index in [1.165, 1.54) is 0 Å². The number of thiophene rings is 1. The molecule has 2 atom stereocenters. The maximum Gasteiger partial charge on any atom is 0.407 e. The number of nitrogens with one attached hydrogen (secondary N) is 1. The lowest BCUT2D eigenvalue weighted by molar-refractivity contribution is -0.118. The van der Waals surface area contributed by atoms with Crippen molar-refractivity contribution in [3.05, 3.63) is 50.7 Å². The molecule has 1 fully saturated rings. The SMILES string of the molecule is COc1cccc(CCC(=O)Cc2sc3c(c2C#N)CCC(COC(=O)NCC2CCCO2)C3)c1. The van der Waals surface area contributed by atoms with Gasteiger partial charge in [-0.3, -0.25) is 4.79 Å². The van der Waals surface area contributed by atoms with Crippen molar-refractivity contribution in [3.8, 4) is 11.8 Å². The van der Waals surface area contributed by atoms with Gasteiger partial charge in [0.2, 0.25) is 0 Å². The number of hydrogen-bond donors (Lipinski definition) is 1. The Balaban J connectivity index is 1.27. The summed E-state index contributed by atoms with van der Waals surface area (Å²) in [5.41, 5.74) is 2.81. The van der Waals surface area contributed by atoms with E-state index in [9.17, 15) is 14.9 Å². The van der Waals surface area contributed by atoms with Gasteiger partial charge in [0.15, 0.2) is 0 Å².